The highest BCUT2D eigenvalue weighted by atomic mass is 35.5. The first kappa shape index (κ1) is 12.5. The number of para-hydroxylation sites is 2. The van der Waals surface area contributed by atoms with Gasteiger partial charge in [0.1, 0.15) is 6.33 Å². The second-order valence-electron chi connectivity index (χ2n) is 4.31. The molecule has 0 aliphatic heterocycles. The van der Waals surface area contributed by atoms with Gasteiger partial charge in [-0.15, -0.1) is 0 Å². The highest BCUT2D eigenvalue weighted by Gasteiger charge is 2.18. The molecular formula is C14H10ClN3O2. The van der Waals surface area contributed by atoms with Crippen molar-refractivity contribution in [3.8, 4) is 5.69 Å². The topological polar surface area (TPSA) is 81.1 Å². The van der Waals surface area contributed by atoms with Crippen molar-refractivity contribution in [3.05, 3.63) is 53.3 Å². The lowest BCUT2D eigenvalue weighted by atomic mass is 10.1. The Labute approximate surface area is 119 Å². The van der Waals surface area contributed by atoms with Crippen LogP contribution in [0.2, 0.25) is 5.02 Å². The van der Waals surface area contributed by atoms with Gasteiger partial charge in [-0.2, -0.15) is 0 Å². The van der Waals surface area contributed by atoms with E-state index in [0.717, 1.165) is 11.0 Å². The molecule has 6 heteroatoms. The number of carboxylic acids is 1. The Morgan fingerprint density at radius 2 is 2.05 bits per heavy atom. The fourth-order valence-corrected chi connectivity index (χ4v) is 2.48. The molecule has 0 atom stereocenters. The molecule has 1 aromatic heterocycles. The van der Waals surface area contributed by atoms with Crippen molar-refractivity contribution in [2.24, 2.45) is 0 Å². The molecule has 0 amide bonds. The average Bonchev–Trinajstić information content (AvgIpc) is 2.81. The summed E-state index contributed by atoms with van der Waals surface area (Å²) in [7, 11) is 0. The van der Waals surface area contributed by atoms with Gasteiger partial charge < -0.3 is 10.8 Å². The zero-order valence-electron chi connectivity index (χ0n) is 10.2. The van der Waals surface area contributed by atoms with E-state index in [0.29, 0.717) is 11.4 Å². The van der Waals surface area contributed by atoms with E-state index in [1.807, 2.05) is 24.3 Å². The van der Waals surface area contributed by atoms with Crippen LogP contribution in [0.15, 0.2) is 42.7 Å². The number of hydrogen-bond donors (Lipinski definition) is 2. The van der Waals surface area contributed by atoms with E-state index in [1.165, 1.54) is 12.1 Å². The van der Waals surface area contributed by atoms with Gasteiger partial charge in [0.05, 0.1) is 27.3 Å². The maximum absolute atomic E-state index is 11.4. The van der Waals surface area contributed by atoms with Gasteiger partial charge in [-0.3, -0.25) is 4.57 Å². The molecule has 0 bridgehead atoms. The molecule has 0 spiro atoms. The van der Waals surface area contributed by atoms with Crippen molar-refractivity contribution in [2.75, 3.05) is 5.73 Å². The van der Waals surface area contributed by atoms with Gasteiger partial charge in [0.15, 0.2) is 0 Å². The zero-order valence-corrected chi connectivity index (χ0v) is 11.0. The zero-order chi connectivity index (χ0) is 14.3. The molecule has 0 aliphatic rings. The van der Waals surface area contributed by atoms with Crippen molar-refractivity contribution in [2.45, 2.75) is 0 Å². The van der Waals surface area contributed by atoms with Gasteiger partial charge in [-0.05, 0) is 24.3 Å². The number of anilines is 1. The maximum atomic E-state index is 11.4. The normalized spacial score (nSPS) is 10.8. The van der Waals surface area contributed by atoms with Gasteiger partial charge in [0, 0.05) is 5.69 Å². The molecule has 0 radical (unpaired) electrons. The summed E-state index contributed by atoms with van der Waals surface area (Å²) in [5.41, 5.74) is 7.91. The first-order valence-electron chi connectivity index (χ1n) is 5.82. The second-order valence-corrected chi connectivity index (χ2v) is 4.71. The summed E-state index contributed by atoms with van der Waals surface area (Å²) in [4.78, 5) is 15.6. The van der Waals surface area contributed by atoms with Crippen LogP contribution in [0.4, 0.5) is 5.69 Å². The number of aromatic nitrogens is 2. The Morgan fingerprint density at radius 3 is 2.80 bits per heavy atom. The van der Waals surface area contributed by atoms with Crippen LogP contribution in [0.3, 0.4) is 0 Å². The van der Waals surface area contributed by atoms with E-state index in [9.17, 15) is 9.90 Å². The van der Waals surface area contributed by atoms with Crippen molar-refractivity contribution in [1.29, 1.82) is 0 Å². The number of rotatable bonds is 2. The van der Waals surface area contributed by atoms with Crippen LogP contribution in [0.5, 0.6) is 0 Å². The number of nitrogens with two attached hydrogens (primary N) is 1. The standard InChI is InChI=1S/C14H10ClN3O2/c15-10-6-8(16)5-9(14(19)20)13(10)18-7-17-11-3-1-2-4-12(11)18/h1-7H,16H2,(H,19,20). The third-order valence-corrected chi connectivity index (χ3v) is 3.30. The van der Waals surface area contributed by atoms with Crippen LogP contribution >= 0.6 is 11.6 Å². The number of fused-ring (bicyclic) bond motifs is 1. The third kappa shape index (κ3) is 1.88. The van der Waals surface area contributed by atoms with Crippen molar-refractivity contribution >= 4 is 34.3 Å². The molecule has 5 nitrogen and oxygen atoms in total. The summed E-state index contributed by atoms with van der Waals surface area (Å²) >= 11 is 6.18. The Kier molecular flexibility index (Phi) is 2.84. The van der Waals surface area contributed by atoms with Crippen LogP contribution in [-0.2, 0) is 0 Å². The maximum Gasteiger partial charge on any atom is 0.337 e. The van der Waals surface area contributed by atoms with E-state index in [2.05, 4.69) is 4.98 Å². The van der Waals surface area contributed by atoms with Gasteiger partial charge in [0.2, 0.25) is 0 Å². The van der Waals surface area contributed by atoms with Crippen LogP contribution in [-0.4, -0.2) is 20.6 Å². The van der Waals surface area contributed by atoms with Gasteiger partial charge >= 0.3 is 5.97 Å². The van der Waals surface area contributed by atoms with Crippen LogP contribution in [0.25, 0.3) is 16.7 Å². The minimum Gasteiger partial charge on any atom is -0.478 e. The lowest BCUT2D eigenvalue weighted by Gasteiger charge is -2.11. The lowest BCUT2D eigenvalue weighted by Crippen LogP contribution is -2.07. The number of benzene rings is 2. The summed E-state index contributed by atoms with van der Waals surface area (Å²) in [6.07, 6.45) is 1.55. The number of nitrogens with zero attached hydrogens (tertiary/aromatic N) is 2. The smallest absolute Gasteiger partial charge is 0.337 e. The minimum atomic E-state index is -1.09. The number of hydrogen-bond acceptors (Lipinski definition) is 3. The molecule has 0 unspecified atom stereocenters. The van der Waals surface area contributed by atoms with Crippen LogP contribution in [0.1, 0.15) is 10.4 Å². The summed E-state index contributed by atoms with van der Waals surface area (Å²) in [5, 5.41) is 9.61. The molecule has 1 heterocycles. The molecule has 0 saturated heterocycles. The predicted molar refractivity (Wildman–Crippen MR) is 77.5 cm³/mol. The monoisotopic (exact) mass is 287 g/mol. The average molecular weight is 288 g/mol. The molecule has 3 N–H and O–H groups in total. The van der Waals surface area contributed by atoms with Crippen molar-refractivity contribution in [1.82, 2.24) is 9.55 Å². The number of halogens is 1. The Bertz CT molecular complexity index is 826. The fraction of sp³-hybridized carbons (Fsp3) is 0. The van der Waals surface area contributed by atoms with Crippen molar-refractivity contribution < 1.29 is 9.90 Å². The molecule has 100 valence electrons. The van der Waals surface area contributed by atoms with E-state index in [-0.39, 0.29) is 10.6 Å². The van der Waals surface area contributed by atoms with Gasteiger partial charge in [0.25, 0.3) is 0 Å². The summed E-state index contributed by atoms with van der Waals surface area (Å²) in [6, 6.07) is 10.3. The minimum absolute atomic E-state index is 0.0400. The number of carbonyl (C=O) groups is 1. The van der Waals surface area contributed by atoms with Gasteiger partial charge in [-0.1, -0.05) is 23.7 Å². The molecule has 0 aliphatic carbocycles. The van der Waals surface area contributed by atoms with Crippen LogP contribution in [0, 0.1) is 0 Å². The third-order valence-electron chi connectivity index (χ3n) is 3.01. The molecule has 0 saturated carbocycles. The fourth-order valence-electron chi connectivity index (χ4n) is 2.17. The highest BCUT2D eigenvalue weighted by Crippen LogP contribution is 2.30. The molecular weight excluding hydrogens is 278 g/mol. The number of carboxylic acid groups (broad SMARTS) is 1. The van der Waals surface area contributed by atoms with E-state index < -0.39 is 5.97 Å². The highest BCUT2D eigenvalue weighted by molar-refractivity contribution is 6.33. The first-order valence-corrected chi connectivity index (χ1v) is 6.20. The molecule has 2 aromatic carbocycles. The quantitative estimate of drug-likeness (QED) is 0.710. The molecule has 3 aromatic rings. The van der Waals surface area contributed by atoms with Gasteiger partial charge in [-0.25, -0.2) is 9.78 Å². The Balaban J connectivity index is 2.37. The largest absolute Gasteiger partial charge is 0.478 e. The predicted octanol–water partition coefficient (Wildman–Crippen LogP) is 2.96. The second kappa shape index (κ2) is 4.54. The lowest BCUT2D eigenvalue weighted by molar-refractivity contribution is 0.0697. The SMILES string of the molecule is Nc1cc(Cl)c(-n2cnc3ccccc32)c(C(=O)O)c1. The summed E-state index contributed by atoms with van der Waals surface area (Å²) < 4.78 is 1.65. The summed E-state index contributed by atoms with van der Waals surface area (Å²) in [5.74, 6) is -1.09. The first-order chi connectivity index (χ1) is 9.58. The summed E-state index contributed by atoms with van der Waals surface area (Å²) in [6.45, 7) is 0. The number of imidazole rings is 1. The van der Waals surface area contributed by atoms with Crippen LogP contribution < -0.4 is 5.73 Å². The molecule has 3 rings (SSSR count). The molecule has 20 heavy (non-hydrogen) atoms. The Hall–Kier alpha value is -2.53. The Morgan fingerprint density at radius 1 is 1.30 bits per heavy atom. The number of aromatic carboxylic acids is 1. The number of nitrogen functional groups attached to an aromatic ring is 1. The van der Waals surface area contributed by atoms with E-state index >= 15 is 0 Å². The van der Waals surface area contributed by atoms with E-state index in [4.69, 9.17) is 17.3 Å². The van der Waals surface area contributed by atoms with Crippen molar-refractivity contribution in [3.63, 3.8) is 0 Å². The van der Waals surface area contributed by atoms with E-state index in [1.54, 1.807) is 10.9 Å². The molecule has 0 fully saturated rings.